The number of hydrogen-bond acceptors (Lipinski definition) is 2. The molecule has 1 aromatic carbocycles. The first-order chi connectivity index (χ1) is 9.05. The van der Waals surface area contributed by atoms with Gasteiger partial charge in [-0.1, -0.05) is 19.8 Å². The van der Waals surface area contributed by atoms with E-state index in [2.05, 4.69) is 28.3 Å². The predicted molar refractivity (Wildman–Crippen MR) is 75.3 cm³/mol. The van der Waals surface area contributed by atoms with Crippen LogP contribution in [-0.4, -0.2) is 0 Å². The third-order valence-corrected chi connectivity index (χ3v) is 5.06. The Hall–Kier alpha value is -0.520. The van der Waals surface area contributed by atoms with E-state index in [0.717, 1.165) is 32.1 Å². The lowest BCUT2D eigenvalue weighted by atomic mass is 9.73. The molecule has 5 heteroatoms. The van der Waals surface area contributed by atoms with Gasteiger partial charge >= 0.3 is 0 Å². The third kappa shape index (κ3) is 2.56. The monoisotopic (exact) mass is 332 g/mol. The molecule has 2 nitrogen and oxygen atoms in total. The molecule has 1 aromatic rings. The normalized spacial score (nSPS) is 19.6. The Morgan fingerprint density at radius 1 is 1.37 bits per heavy atom. The molecule has 1 saturated carbocycles. The second-order valence-corrected chi connectivity index (χ2v) is 6.13. The summed E-state index contributed by atoms with van der Waals surface area (Å²) in [5.74, 6) is 4.54. The quantitative estimate of drug-likeness (QED) is 0.492. The Labute approximate surface area is 120 Å². The lowest BCUT2D eigenvalue weighted by Crippen LogP contribution is -2.41. The first-order valence-corrected chi connectivity index (χ1v) is 7.44. The van der Waals surface area contributed by atoms with Crippen LogP contribution in [0.3, 0.4) is 0 Å². The molecule has 0 spiro atoms. The van der Waals surface area contributed by atoms with Gasteiger partial charge < -0.3 is 0 Å². The number of halogens is 3. The molecule has 19 heavy (non-hydrogen) atoms. The zero-order valence-corrected chi connectivity index (χ0v) is 12.6. The molecule has 0 aliphatic heterocycles. The first kappa shape index (κ1) is 14.9. The average molecular weight is 333 g/mol. The van der Waals surface area contributed by atoms with Crippen LogP contribution in [0.15, 0.2) is 16.6 Å². The lowest BCUT2D eigenvalue weighted by Gasteiger charge is -2.37. The highest BCUT2D eigenvalue weighted by Gasteiger charge is 2.42. The molecule has 1 fully saturated rings. The fourth-order valence-corrected chi connectivity index (χ4v) is 3.64. The molecule has 1 unspecified atom stereocenters. The van der Waals surface area contributed by atoms with E-state index in [4.69, 9.17) is 5.84 Å². The van der Waals surface area contributed by atoms with E-state index in [1.165, 1.54) is 12.1 Å². The molecule has 0 bridgehead atoms. The summed E-state index contributed by atoms with van der Waals surface area (Å²) in [5, 5.41) is 0. The van der Waals surface area contributed by atoms with Crippen LogP contribution >= 0.6 is 15.9 Å². The topological polar surface area (TPSA) is 38.0 Å². The van der Waals surface area contributed by atoms with Crippen molar-refractivity contribution >= 4 is 15.9 Å². The fraction of sp³-hybridized carbons (Fsp3) is 0.571. The maximum absolute atomic E-state index is 14.3. The van der Waals surface area contributed by atoms with Crippen molar-refractivity contribution in [3.63, 3.8) is 0 Å². The molecule has 0 radical (unpaired) electrons. The molecule has 0 amide bonds. The van der Waals surface area contributed by atoms with Crippen LogP contribution in [0.2, 0.25) is 0 Å². The first-order valence-electron chi connectivity index (χ1n) is 6.65. The molecule has 1 aliphatic rings. The number of nitrogens with two attached hydrogens (primary N) is 1. The van der Waals surface area contributed by atoms with Crippen molar-refractivity contribution < 1.29 is 8.78 Å². The van der Waals surface area contributed by atoms with Crippen LogP contribution in [0.1, 0.15) is 50.6 Å². The largest absolute Gasteiger partial charge is 0.271 e. The van der Waals surface area contributed by atoms with Gasteiger partial charge in [-0.2, -0.15) is 0 Å². The van der Waals surface area contributed by atoms with E-state index in [-0.39, 0.29) is 15.5 Å². The Morgan fingerprint density at radius 3 is 2.53 bits per heavy atom. The van der Waals surface area contributed by atoms with Crippen LogP contribution in [0.5, 0.6) is 0 Å². The molecule has 3 N–H and O–H groups in total. The van der Waals surface area contributed by atoms with Gasteiger partial charge in [0.15, 0.2) is 0 Å². The Balaban J connectivity index is 2.50. The second kappa shape index (κ2) is 5.85. The van der Waals surface area contributed by atoms with Crippen molar-refractivity contribution in [1.29, 1.82) is 0 Å². The summed E-state index contributed by atoms with van der Waals surface area (Å²) in [5.41, 5.74) is 2.56. The molecule has 0 aromatic heterocycles. The summed E-state index contributed by atoms with van der Waals surface area (Å²) in [6, 6.07) is 2.18. The summed E-state index contributed by atoms with van der Waals surface area (Å²) >= 11 is 3.12. The molecule has 2 rings (SSSR count). The summed E-state index contributed by atoms with van der Waals surface area (Å²) in [6.45, 7) is 2.06. The van der Waals surface area contributed by atoms with E-state index in [1.54, 1.807) is 0 Å². The van der Waals surface area contributed by atoms with Gasteiger partial charge in [-0.25, -0.2) is 8.78 Å². The van der Waals surface area contributed by atoms with Crippen molar-refractivity contribution in [2.45, 2.75) is 45.1 Å². The van der Waals surface area contributed by atoms with Crippen molar-refractivity contribution in [3.05, 3.63) is 33.8 Å². The number of hydrogen-bond donors (Lipinski definition) is 2. The van der Waals surface area contributed by atoms with Gasteiger partial charge in [0.1, 0.15) is 11.6 Å². The van der Waals surface area contributed by atoms with Crippen molar-refractivity contribution in [1.82, 2.24) is 5.43 Å². The standard InChI is InChI=1S/C14H19BrF2N2/c1-2-14(7-3-4-8-14)13(19-18)11-10(16)6-5-9(15)12(11)17/h5-6,13,19H,2-4,7-8,18H2,1H3. The zero-order chi connectivity index (χ0) is 14.0. The second-order valence-electron chi connectivity index (χ2n) is 5.28. The fourth-order valence-electron chi connectivity index (χ4n) is 3.30. The summed E-state index contributed by atoms with van der Waals surface area (Å²) < 4.78 is 28.6. The molecule has 106 valence electrons. The smallest absolute Gasteiger partial charge is 0.145 e. The minimum atomic E-state index is -0.553. The van der Waals surface area contributed by atoms with Gasteiger partial charge in [-0.05, 0) is 52.7 Å². The van der Waals surface area contributed by atoms with E-state index < -0.39 is 17.7 Å². The van der Waals surface area contributed by atoms with E-state index in [0.29, 0.717) is 0 Å². The van der Waals surface area contributed by atoms with Gasteiger partial charge in [0.25, 0.3) is 0 Å². The van der Waals surface area contributed by atoms with Crippen molar-refractivity contribution in [2.75, 3.05) is 0 Å². The molecule has 1 atom stereocenters. The van der Waals surface area contributed by atoms with Crippen LogP contribution in [0.25, 0.3) is 0 Å². The summed E-state index contributed by atoms with van der Waals surface area (Å²) in [7, 11) is 0. The van der Waals surface area contributed by atoms with Gasteiger partial charge in [-0.3, -0.25) is 11.3 Å². The van der Waals surface area contributed by atoms with E-state index in [9.17, 15) is 8.78 Å². The van der Waals surface area contributed by atoms with Crippen LogP contribution in [0.4, 0.5) is 8.78 Å². The Kier molecular flexibility index (Phi) is 4.58. The Morgan fingerprint density at radius 2 is 2.00 bits per heavy atom. The third-order valence-electron chi connectivity index (χ3n) is 4.45. The van der Waals surface area contributed by atoms with Crippen LogP contribution < -0.4 is 11.3 Å². The highest BCUT2D eigenvalue weighted by atomic mass is 79.9. The van der Waals surface area contributed by atoms with Crippen molar-refractivity contribution in [2.24, 2.45) is 11.3 Å². The van der Waals surface area contributed by atoms with Crippen LogP contribution in [-0.2, 0) is 0 Å². The molecular weight excluding hydrogens is 314 g/mol. The van der Waals surface area contributed by atoms with Gasteiger partial charge in [-0.15, -0.1) is 0 Å². The molecular formula is C14H19BrF2N2. The average Bonchev–Trinajstić information content (AvgIpc) is 2.89. The summed E-state index contributed by atoms with van der Waals surface area (Å²) in [4.78, 5) is 0. The van der Waals surface area contributed by atoms with E-state index >= 15 is 0 Å². The lowest BCUT2D eigenvalue weighted by molar-refractivity contribution is 0.180. The van der Waals surface area contributed by atoms with Gasteiger partial charge in [0, 0.05) is 5.56 Å². The molecule has 0 saturated heterocycles. The molecule has 1 aliphatic carbocycles. The van der Waals surface area contributed by atoms with E-state index in [1.807, 2.05) is 0 Å². The maximum atomic E-state index is 14.3. The minimum absolute atomic E-state index is 0.0561. The SMILES string of the molecule is CCC1(C(NN)c2c(F)ccc(Br)c2F)CCCC1. The highest BCUT2D eigenvalue weighted by molar-refractivity contribution is 9.10. The van der Waals surface area contributed by atoms with Gasteiger partial charge in [0.2, 0.25) is 0 Å². The molecule has 0 heterocycles. The number of rotatable bonds is 4. The van der Waals surface area contributed by atoms with Crippen LogP contribution in [0, 0.1) is 17.0 Å². The number of hydrazine groups is 1. The predicted octanol–water partition coefficient (Wildman–Crippen LogP) is 4.20. The zero-order valence-electron chi connectivity index (χ0n) is 11.0. The van der Waals surface area contributed by atoms with Gasteiger partial charge in [0.05, 0.1) is 10.5 Å². The summed E-state index contributed by atoms with van der Waals surface area (Å²) in [6.07, 6.45) is 4.92. The Bertz CT molecular complexity index is 459. The number of benzene rings is 1. The number of nitrogens with one attached hydrogen (secondary N) is 1. The van der Waals surface area contributed by atoms with Crippen molar-refractivity contribution in [3.8, 4) is 0 Å². The maximum Gasteiger partial charge on any atom is 0.145 e. The minimum Gasteiger partial charge on any atom is -0.271 e. The highest BCUT2D eigenvalue weighted by Crippen LogP contribution is 2.50.